The van der Waals surface area contributed by atoms with Crippen molar-refractivity contribution in [3.05, 3.63) is 41.3 Å². The first-order valence-corrected chi connectivity index (χ1v) is 10.6. The molecule has 0 N–H and O–H groups in total. The minimum Gasteiger partial charge on any atom is -0.372 e. The molecule has 3 heterocycles. The van der Waals surface area contributed by atoms with Crippen LogP contribution in [0, 0.1) is 11.3 Å². The third-order valence-electron chi connectivity index (χ3n) is 5.24. The van der Waals surface area contributed by atoms with E-state index in [1.54, 1.807) is 31.7 Å². The third-order valence-corrected chi connectivity index (χ3v) is 6.54. The summed E-state index contributed by atoms with van der Waals surface area (Å²) in [5.74, 6) is 0. The van der Waals surface area contributed by atoms with Gasteiger partial charge in [0, 0.05) is 18.5 Å². The molecular weight excluding hydrogens is 429 g/mol. The van der Waals surface area contributed by atoms with Gasteiger partial charge in [-0.15, -0.1) is 0 Å². The Morgan fingerprint density at radius 1 is 1.35 bits per heavy atom. The Hall–Kier alpha value is -2.09. The highest BCUT2D eigenvalue weighted by Gasteiger charge is 2.38. The molecule has 2 aromatic heterocycles. The number of alkyl halides is 3. The van der Waals surface area contributed by atoms with Gasteiger partial charge in [-0.25, -0.2) is 9.67 Å². The van der Waals surface area contributed by atoms with Crippen molar-refractivity contribution >= 4 is 11.8 Å². The van der Waals surface area contributed by atoms with Crippen LogP contribution in [0.4, 0.5) is 13.2 Å². The molecule has 2 unspecified atom stereocenters. The lowest BCUT2D eigenvalue weighted by atomic mass is 9.90. The molecule has 0 saturated carbocycles. The Kier molecular flexibility index (Phi) is 6.69. The molecule has 1 saturated heterocycles. The molecule has 31 heavy (non-hydrogen) atoms. The van der Waals surface area contributed by atoms with E-state index < -0.39 is 17.3 Å². The second-order valence-electron chi connectivity index (χ2n) is 8.33. The van der Waals surface area contributed by atoms with Crippen LogP contribution in [-0.2, 0) is 27.8 Å². The third kappa shape index (κ3) is 5.40. The maximum absolute atomic E-state index is 13.0. The quantitative estimate of drug-likeness (QED) is 0.604. The second-order valence-corrected chi connectivity index (χ2v) is 9.94. The van der Waals surface area contributed by atoms with Gasteiger partial charge in [0.1, 0.15) is 18.5 Å². The SMILES string of the molecule is COCn1nc(C(C)(C)C#N)cc1C1CC(C)(Sc2cccc(C(F)(F)F)n2)CCO1. The number of aromatic nitrogens is 3. The monoisotopic (exact) mass is 454 g/mol. The maximum atomic E-state index is 13.0. The van der Waals surface area contributed by atoms with E-state index in [1.165, 1.54) is 17.8 Å². The average Bonchev–Trinajstić information content (AvgIpc) is 3.12. The minimum atomic E-state index is -4.48. The average molecular weight is 455 g/mol. The number of hydrogen-bond acceptors (Lipinski definition) is 6. The summed E-state index contributed by atoms with van der Waals surface area (Å²) in [6.07, 6.45) is -3.59. The smallest absolute Gasteiger partial charge is 0.372 e. The zero-order chi connectivity index (χ0) is 22.9. The largest absolute Gasteiger partial charge is 0.433 e. The first kappa shape index (κ1) is 23.6. The number of pyridine rings is 1. The standard InChI is InChI=1S/C21H25F3N4O2S/c1-19(2,12-25)17-10-14(28(27-17)13-29-4)15-11-20(3,8-9-30-15)31-18-7-5-6-16(26-18)21(22,23)24/h5-7,10,15H,8-9,11,13H2,1-4H3. The summed E-state index contributed by atoms with van der Waals surface area (Å²) in [7, 11) is 1.56. The van der Waals surface area contributed by atoms with Crippen LogP contribution in [0.15, 0.2) is 29.3 Å². The summed E-state index contributed by atoms with van der Waals surface area (Å²) in [6, 6.07) is 8.05. The van der Waals surface area contributed by atoms with Gasteiger partial charge in [0.2, 0.25) is 0 Å². The lowest BCUT2D eigenvalue weighted by Gasteiger charge is -2.37. The molecule has 0 spiro atoms. The van der Waals surface area contributed by atoms with Gasteiger partial charge in [-0.3, -0.25) is 0 Å². The molecule has 1 fully saturated rings. The van der Waals surface area contributed by atoms with Crippen molar-refractivity contribution in [1.29, 1.82) is 5.26 Å². The molecule has 2 aromatic rings. The summed E-state index contributed by atoms with van der Waals surface area (Å²) >= 11 is 1.33. The van der Waals surface area contributed by atoms with Gasteiger partial charge in [-0.2, -0.15) is 23.5 Å². The highest BCUT2D eigenvalue weighted by molar-refractivity contribution is 8.00. The summed E-state index contributed by atoms with van der Waals surface area (Å²) in [4.78, 5) is 3.80. The van der Waals surface area contributed by atoms with Crippen molar-refractivity contribution in [1.82, 2.24) is 14.8 Å². The minimum absolute atomic E-state index is 0.204. The van der Waals surface area contributed by atoms with Crippen molar-refractivity contribution in [2.75, 3.05) is 13.7 Å². The van der Waals surface area contributed by atoms with Crippen LogP contribution in [-0.4, -0.2) is 33.2 Å². The first-order chi connectivity index (χ1) is 14.5. The molecule has 0 bridgehead atoms. The Bertz CT molecular complexity index is 970. The number of rotatable bonds is 6. The Balaban J connectivity index is 1.86. The van der Waals surface area contributed by atoms with Crippen LogP contribution in [0.1, 0.15) is 56.8 Å². The molecule has 1 aliphatic heterocycles. The van der Waals surface area contributed by atoms with E-state index in [9.17, 15) is 18.4 Å². The predicted molar refractivity (Wildman–Crippen MR) is 109 cm³/mol. The molecule has 10 heteroatoms. The lowest BCUT2D eigenvalue weighted by molar-refractivity contribution is -0.141. The van der Waals surface area contributed by atoms with Gasteiger partial charge in [0.15, 0.2) is 0 Å². The van der Waals surface area contributed by atoms with Crippen molar-refractivity contribution in [2.24, 2.45) is 0 Å². The first-order valence-electron chi connectivity index (χ1n) is 9.81. The van der Waals surface area contributed by atoms with Crippen LogP contribution in [0.3, 0.4) is 0 Å². The second kappa shape index (κ2) is 8.81. The van der Waals surface area contributed by atoms with Crippen LogP contribution in [0.25, 0.3) is 0 Å². The van der Waals surface area contributed by atoms with Gasteiger partial charge in [0.05, 0.1) is 27.9 Å². The summed E-state index contributed by atoms with van der Waals surface area (Å²) in [5.41, 5.74) is -0.275. The van der Waals surface area contributed by atoms with E-state index in [-0.39, 0.29) is 17.6 Å². The highest BCUT2D eigenvalue weighted by atomic mass is 32.2. The highest BCUT2D eigenvalue weighted by Crippen LogP contribution is 2.46. The molecule has 2 atom stereocenters. The topological polar surface area (TPSA) is 73.0 Å². The van der Waals surface area contributed by atoms with Crippen molar-refractivity contribution in [3.8, 4) is 6.07 Å². The molecule has 168 valence electrons. The lowest BCUT2D eigenvalue weighted by Crippen LogP contribution is -2.33. The fourth-order valence-corrected chi connectivity index (χ4v) is 4.63. The molecule has 0 amide bonds. The fraction of sp³-hybridized carbons (Fsp3) is 0.571. The van der Waals surface area contributed by atoms with E-state index in [1.807, 2.05) is 13.0 Å². The number of nitriles is 1. The Morgan fingerprint density at radius 3 is 2.74 bits per heavy atom. The van der Waals surface area contributed by atoms with Crippen molar-refractivity contribution in [3.63, 3.8) is 0 Å². The van der Waals surface area contributed by atoms with E-state index in [4.69, 9.17) is 9.47 Å². The van der Waals surface area contributed by atoms with Crippen LogP contribution in [0.2, 0.25) is 0 Å². The number of thioether (sulfide) groups is 1. The van der Waals surface area contributed by atoms with Gasteiger partial charge in [-0.05, 0) is 51.8 Å². The summed E-state index contributed by atoms with van der Waals surface area (Å²) in [5, 5.41) is 14.3. The van der Waals surface area contributed by atoms with Gasteiger partial charge in [-0.1, -0.05) is 17.8 Å². The number of nitrogens with zero attached hydrogens (tertiary/aromatic N) is 4. The molecule has 6 nitrogen and oxygen atoms in total. The van der Waals surface area contributed by atoms with Crippen molar-refractivity contribution in [2.45, 2.75) is 67.8 Å². The molecule has 3 rings (SSSR count). The van der Waals surface area contributed by atoms with E-state index in [0.717, 1.165) is 11.8 Å². The zero-order valence-electron chi connectivity index (χ0n) is 17.9. The molecule has 1 aliphatic rings. The summed E-state index contributed by atoms with van der Waals surface area (Å²) < 4.78 is 51.7. The normalized spacial score (nSPS) is 22.3. The predicted octanol–water partition coefficient (Wildman–Crippen LogP) is 5.10. The van der Waals surface area contributed by atoms with Crippen molar-refractivity contribution < 1.29 is 22.6 Å². The molecule has 0 aromatic carbocycles. The van der Waals surface area contributed by atoms with Crippen LogP contribution < -0.4 is 0 Å². The van der Waals surface area contributed by atoms with Gasteiger partial charge >= 0.3 is 6.18 Å². The number of hydrogen-bond donors (Lipinski definition) is 0. The maximum Gasteiger partial charge on any atom is 0.433 e. The van der Waals surface area contributed by atoms with E-state index >= 15 is 0 Å². The van der Waals surface area contributed by atoms with Gasteiger partial charge in [0.25, 0.3) is 0 Å². The fourth-order valence-electron chi connectivity index (χ4n) is 3.41. The van der Waals surface area contributed by atoms with Crippen LogP contribution in [0.5, 0.6) is 0 Å². The molecule has 0 aliphatic carbocycles. The number of methoxy groups -OCH3 is 1. The van der Waals surface area contributed by atoms with Gasteiger partial charge < -0.3 is 9.47 Å². The number of ether oxygens (including phenoxy) is 2. The Morgan fingerprint density at radius 2 is 2.10 bits per heavy atom. The molecular formula is C21H25F3N4O2S. The van der Waals surface area contributed by atoms with Crippen LogP contribution >= 0.6 is 11.8 Å². The summed E-state index contributed by atoms with van der Waals surface area (Å²) in [6.45, 7) is 6.23. The van der Waals surface area contributed by atoms with E-state index in [0.29, 0.717) is 30.2 Å². The molecule has 0 radical (unpaired) electrons. The number of halogens is 3. The zero-order valence-corrected chi connectivity index (χ0v) is 18.7. The van der Waals surface area contributed by atoms with E-state index in [2.05, 4.69) is 16.2 Å². The Labute approximate surface area is 183 Å².